The zero-order valence-electron chi connectivity index (χ0n) is 16.5. The molecule has 0 unspecified atom stereocenters. The monoisotopic (exact) mass is 387 g/mol. The maximum absolute atomic E-state index is 13.1. The number of amides is 2. The third-order valence-corrected chi connectivity index (χ3v) is 6.78. The molecule has 0 radical (unpaired) electrons. The quantitative estimate of drug-likeness (QED) is 0.759. The van der Waals surface area contributed by atoms with E-state index in [-0.39, 0.29) is 29.4 Å². The van der Waals surface area contributed by atoms with Crippen molar-refractivity contribution in [2.75, 3.05) is 6.54 Å². The van der Waals surface area contributed by atoms with Gasteiger partial charge in [0.25, 0.3) is 0 Å². The van der Waals surface area contributed by atoms with Gasteiger partial charge in [0, 0.05) is 18.4 Å². The molecular weight excluding hydrogens is 358 g/mol. The molecule has 2 N–H and O–H groups in total. The highest BCUT2D eigenvalue weighted by Gasteiger charge is 2.66. The Morgan fingerprint density at radius 1 is 1.18 bits per heavy atom. The van der Waals surface area contributed by atoms with Crippen molar-refractivity contribution >= 4 is 11.8 Å². The van der Waals surface area contributed by atoms with Gasteiger partial charge in [0.15, 0.2) is 5.79 Å². The number of imide groups is 1. The van der Waals surface area contributed by atoms with Crippen molar-refractivity contribution in [1.29, 1.82) is 0 Å². The molecule has 3 fully saturated rings. The molecule has 4 rings (SSSR count). The van der Waals surface area contributed by atoms with Crippen LogP contribution in [-0.4, -0.2) is 39.3 Å². The number of nitrogens with zero attached hydrogens (tertiary/aromatic N) is 1. The van der Waals surface area contributed by atoms with E-state index in [1.807, 2.05) is 13.0 Å². The van der Waals surface area contributed by atoms with Gasteiger partial charge >= 0.3 is 0 Å². The first-order valence-electron chi connectivity index (χ1n) is 10.4. The van der Waals surface area contributed by atoms with Crippen LogP contribution in [0.1, 0.15) is 57.6 Å². The maximum Gasteiger partial charge on any atom is 0.233 e. The molecule has 2 saturated heterocycles. The molecule has 2 heterocycles. The van der Waals surface area contributed by atoms with E-state index in [0.717, 1.165) is 24.8 Å². The van der Waals surface area contributed by atoms with Gasteiger partial charge in [-0.05, 0) is 43.4 Å². The Kier molecular flexibility index (Phi) is 4.96. The number of hydrogen-bond acceptors (Lipinski definition) is 5. The number of phenols is 1. The van der Waals surface area contributed by atoms with Crippen molar-refractivity contribution < 1.29 is 24.5 Å². The molecule has 6 nitrogen and oxygen atoms in total. The van der Waals surface area contributed by atoms with Crippen molar-refractivity contribution in [3.63, 3.8) is 0 Å². The summed E-state index contributed by atoms with van der Waals surface area (Å²) in [6, 6.07) is 6.85. The highest BCUT2D eigenvalue weighted by molar-refractivity contribution is 6.05. The minimum Gasteiger partial charge on any atom is -0.508 e. The molecule has 1 aromatic rings. The van der Waals surface area contributed by atoms with Crippen LogP contribution in [0.2, 0.25) is 0 Å². The second-order valence-corrected chi connectivity index (χ2v) is 8.48. The number of carbonyl (C=O) groups excluding carboxylic acids is 2. The first-order valence-corrected chi connectivity index (χ1v) is 10.4. The largest absolute Gasteiger partial charge is 0.508 e. The zero-order valence-corrected chi connectivity index (χ0v) is 16.5. The first kappa shape index (κ1) is 19.4. The zero-order chi connectivity index (χ0) is 20.1. The van der Waals surface area contributed by atoms with E-state index in [4.69, 9.17) is 4.74 Å². The molecule has 1 saturated carbocycles. The van der Waals surface area contributed by atoms with E-state index in [9.17, 15) is 19.8 Å². The smallest absolute Gasteiger partial charge is 0.233 e. The fourth-order valence-electron chi connectivity index (χ4n) is 5.60. The molecule has 28 heavy (non-hydrogen) atoms. The van der Waals surface area contributed by atoms with Crippen molar-refractivity contribution in [3.05, 3.63) is 29.8 Å². The number of ether oxygens (including phenoxy) is 1. The minimum atomic E-state index is -1.41. The lowest BCUT2D eigenvalue weighted by atomic mass is 9.63. The Bertz CT molecular complexity index is 780. The van der Waals surface area contributed by atoms with Gasteiger partial charge in [-0.25, -0.2) is 0 Å². The molecule has 152 valence electrons. The van der Waals surface area contributed by atoms with Crippen molar-refractivity contribution in [2.45, 2.75) is 57.8 Å². The highest BCUT2D eigenvalue weighted by Crippen LogP contribution is 2.59. The number of fused-ring (bicyclic) bond motifs is 3. The number of aromatic hydroxyl groups is 1. The summed E-state index contributed by atoms with van der Waals surface area (Å²) >= 11 is 0. The Morgan fingerprint density at radius 2 is 1.96 bits per heavy atom. The first-order chi connectivity index (χ1) is 13.4. The van der Waals surface area contributed by atoms with Crippen LogP contribution in [0, 0.1) is 23.7 Å². The highest BCUT2D eigenvalue weighted by atomic mass is 16.6. The summed E-state index contributed by atoms with van der Waals surface area (Å²) in [5.41, 5.74) is 0.789. The maximum atomic E-state index is 13.1. The molecule has 1 aliphatic carbocycles. The molecule has 1 aromatic carbocycles. The van der Waals surface area contributed by atoms with E-state index in [1.54, 1.807) is 18.2 Å². The van der Waals surface area contributed by atoms with Crippen LogP contribution in [0.25, 0.3) is 0 Å². The Morgan fingerprint density at radius 3 is 2.64 bits per heavy atom. The summed E-state index contributed by atoms with van der Waals surface area (Å²) in [6.45, 7) is 4.44. The van der Waals surface area contributed by atoms with E-state index in [0.29, 0.717) is 19.4 Å². The predicted octanol–water partition coefficient (Wildman–Crippen LogP) is 2.99. The topological polar surface area (TPSA) is 87.1 Å². The molecular formula is C22H29NO5. The second-order valence-electron chi connectivity index (χ2n) is 8.48. The van der Waals surface area contributed by atoms with Gasteiger partial charge in [-0.2, -0.15) is 0 Å². The van der Waals surface area contributed by atoms with E-state index < -0.39 is 23.7 Å². The summed E-state index contributed by atoms with van der Waals surface area (Å²) in [5.74, 6) is -2.96. The van der Waals surface area contributed by atoms with Gasteiger partial charge in [0.1, 0.15) is 5.75 Å². The van der Waals surface area contributed by atoms with Gasteiger partial charge < -0.3 is 14.9 Å². The number of likely N-dealkylation sites (tertiary alicyclic amines) is 1. The van der Waals surface area contributed by atoms with Gasteiger partial charge in [0.2, 0.25) is 11.8 Å². The third kappa shape index (κ3) is 2.85. The summed E-state index contributed by atoms with van der Waals surface area (Å²) in [6.07, 6.45) is 2.91. The summed E-state index contributed by atoms with van der Waals surface area (Å²) in [5, 5.41) is 21.4. The number of phenolic OH excluding ortho intramolecular Hbond substituents is 1. The van der Waals surface area contributed by atoms with Crippen LogP contribution < -0.4 is 0 Å². The average Bonchev–Trinajstić information content (AvgIpc) is 3.13. The molecule has 2 amide bonds. The van der Waals surface area contributed by atoms with Gasteiger partial charge in [-0.3, -0.25) is 14.5 Å². The van der Waals surface area contributed by atoms with E-state index in [2.05, 4.69) is 6.92 Å². The molecule has 2 aliphatic heterocycles. The predicted molar refractivity (Wildman–Crippen MR) is 102 cm³/mol. The third-order valence-electron chi connectivity index (χ3n) is 6.78. The van der Waals surface area contributed by atoms with Crippen LogP contribution >= 0.6 is 0 Å². The van der Waals surface area contributed by atoms with Crippen LogP contribution in [0.4, 0.5) is 0 Å². The number of carbonyl (C=O) groups is 2. The standard InChI is InChI=1S/C22H29NO5/c1-3-6-14-11-16-19(21(26)23(9-4-2)20(16)25)17-12-18(28-22(14,17)27)13-7-5-8-15(24)10-13/h5,7-8,10,14,16-19,24,27H,3-4,6,9,11-12H2,1-2H3/t14-,16-,17-,18-,19-,22+/m0/s1. The van der Waals surface area contributed by atoms with Crippen LogP contribution in [-0.2, 0) is 14.3 Å². The van der Waals surface area contributed by atoms with Crippen molar-refractivity contribution in [2.24, 2.45) is 23.7 Å². The fourth-order valence-corrected chi connectivity index (χ4v) is 5.60. The summed E-state index contributed by atoms with van der Waals surface area (Å²) < 4.78 is 6.21. The number of hydrogen-bond donors (Lipinski definition) is 2. The molecule has 0 aromatic heterocycles. The van der Waals surface area contributed by atoms with Crippen molar-refractivity contribution in [3.8, 4) is 5.75 Å². The normalized spacial score (nSPS) is 37.2. The number of benzene rings is 1. The van der Waals surface area contributed by atoms with E-state index in [1.165, 1.54) is 4.90 Å². The average molecular weight is 387 g/mol. The lowest BCUT2D eigenvalue weighted by Gasteiger charge is -2.44. The number of aliphatic hydroxyl groups is 1. The second kappa shape index (κ2) is 7.16. The van der Waals surface area contributed by atoms with E-state index >= 15 is 0 Å². The SMILES string of the molecule is CCC[C@H]1C[C@@H]2C(=O)N(CCC)C(=O)[C@@H]2[C@@H]2C[C@@H](c3cccc(O)c3)O[C@]12O. The molecule has 3 aliphatic rings. The molecule has 0 bridgehead atoms. The van der Waals surface area contributed by atoms with Gasteiger partial charge in [-0.15, -0.1) is 0 Å². The van der Waals surface area contributed by atoms with Gasteiger partial charge in [-0.1, -0.05) is 32.4 Å². The van der Waals surface area contributed by atoms with Crippen LogP contribution in [0.5, 0.6) is 5.75 Å². The molecule has 6 heteroatoms. The lowest BCUT2D eigenvalue weighted by Crippen LogP contribution is -2.53. The lowest BCUT2D eigenvalue weighted by molar-refractivity contribution is -0.270. The molecule has 0 spiro atoms. The summed E-state index contributed by atoms with van der Waals surface area (Å²) in [7, 11) is 0. The fraction of sp³-hybridized carbons (Fsp3) is 0.636. The van der Waals surface area contributed by atoms with Gasteiger partial charge in [0.05, 0.1) is 17.9 Å². The van der Waals surface area contributed by atoms with Crippen LogP contribution in [0.3, 0.4) is 0 Å². The Hall–Kier alpha value is -1.92. The Labute approximate surface area is 165 Å². The minimum absolute atomic E-state index is 0.0826. The Balaban J connectivity index is 1.70. The molecule has 6 atom stereocenters. The van der Waals surface area contributed by atoms with Crippen LogP contribution in [0.15, 0.2) is 24.3 Å². The number of rotatable bonds is 5. The van der Waals surface area contributed by atoms with Crippen molar-refractivity contribution in [1.82, 2.24) is 4.90 Å². The summed E-state index contributed by atoms with van der Waals surface area (Å²) in [4.78, 5) is 27.4.